The van der Waals surface area contributed by atoms with Gasteiger partial charge in [0, 0.05) is 17.2 Å². The summed E-state index contributed by atoms with van der Waals surface area (Å²) < 4.78 is 33.3. The number of methoxy groups -OCH3 is 4. The number of benzene rings is 2. The Kier molecular flexibility index (Phi) is 10.3. The Bertz CT molecular complexity index is 1010. The molecule has 0 amide bonds. The first kappa shape index (κ1) is 26.6. The third kappa shape index (κ3) is 6.94. The molecule has 0 aliphatic rings. The summed E-state index contributed by atoms with van der Waals surface area (Å²) in [7, 11) is 6.32. The smallest absolute Gasteiger partial charge is 0.330 e. The van der Waals surface area contributed by atoms with Crippen molar-refractivity contribution in [1.29, 1.82) is 0 Å². The van der Waals surface area contributed by atoms with Crippen LogP contribution in [0.15, 0.2) is 42.0 Å². The molecular weight excluding hydrogens is 436 g/mol. The molecular formula is C27H34O7. The number of hydrogen-bond acceptors (Lipinski definition) is 7. The molecule has 0 aliphatic heterocycles. The van der Waals surface area contributed by atoms with Gasteiger partial charge in [-0.2, -0.15) is 0 Å². The van der Waals surface area contributed by atoms with E-state index in [-0.39, 0.29) is 6.61 Å². The normalized spacial score (nSPS) is 10.6. The van der Waals surface area contributed by atoms with E-state index in [2.05, 4.69) is 6.08 Å². The van der Waals surface area contributed by atoms with Crippen LogP contribution in [-0.4, -0.2) is 41.0 Å². The Morgan fingerprint density at radius 1 is 0.882 bits per heavy atom. The summed E-state index contributed by atoms with van der Waals surface area (Å²) in [4.78, 5) is 11.9. The third-order valence-corrected chi connectivity index (χ3v) is 4.98. The van der Waals surface area contributed by atoms with Crippen molar-refractivity contribution >= 4 is 12.0 Å². The Labute approximate surface area is 201 Å². The fourth-order valence-corrected chi connectivity index (χ4v) is 3.34. The standard InChI is InChI=1S/C27H34O7/c1-8-33-25(28)14-11-20-10-13-22(29-4)21(12-9-18(2)3)26(20)34-17-19-15-23(30-5)27(32-7)24(16-19)31-6/h9-11,13-16H,8,12,17H2,1-7H3. The van der Waals surface area contributed by atoms with Crippen molar-refractivity contribution < 1.29 is 33.2 Å². The van der Waals surface area contributed by atoms with E-state index in [1.807, 2.05) is 38.1 Å². The second-order valence-corrected chi connectivity index (χ2v) is 7.56. The average molecular weight is 471 g/mol. The van der Waals surface area contributed by atoms with Gasteiger partial charge in [-0.1, -0.05) is 11.6 Å². The molecule has 184 valence electrons. The van der Waals surface area contributed by atoms with Crippen LogP contribution in [-0.2, 0) is 22.6 Å². The summed E-state index contributed by atoms with van der Waals surface area (Å²) in [6.45, 7) is 6.37. The van der Waals surface area contributed by atoms with E-state index in [1.165, 1.54) is 11.6 Å². The van der Waals surface area contributed by atoms with Crippen molar-refractivity contribution in [3.63, 3.8) is 0 Å². The van der Waals surface area contributed by atoms with Crippen LogP contribution in [0.2, 0.25) is 0 Å². The van der Waals surface area contributed by atoms with Crippen molar-refractivity contribution in [1.82, 2.24) is 0 Å². The third-order valence-electron chi connectivity index (χ3n) is 4.98. The molecule has 0 unspecified atom stereocenters. The Balaban J connectivity index is 2.52. The van der Waals surface area contributed by atoms with E-state index in [0.717, 1.165) is 16.7 Å². The molecule has 2 aromatic carbocycles. The molecule has 0 saturated heterocycles. The molecule has 34 heavy (non-hydrogen) atoms. The zero-order valence-electron chi connectivity index (χ0n) is 21.0. The van der Waals surface area contributed by atoms with Gasteiger partial charge < -0.3 is 28.4 Å². The van der Waals surface area contributed by atoms with E-state index >= 15 is 0 Å². The van der Waals surface area contributed by atoms with E-state index in [4.69, 9.17) is 28.4 Å². The van der Waals surface area contributed by atoms with Crippen molar-refractivity contribution in [2.45, 2.75) is 33.8 Å². The highest BCUT2D eigenvalue weighted by atomic mass is 16.5. The van der Waals surface area contributed by atoms with Gasteiger partial charge in [0.05, 0.1) is 35.0 Å². The van der Waals surface area contributed by atoms with Gasteiger partial charge in [0.15, 0.2) is 11.5 Å². The highest BCUT2D eigenvalue weighted by molar-refractivity contribution is 5.87. The minimum absolute atomic E-state index is 0.228. The topological polar surface area (TPSA) is 72.5 Å². The molecule has 0 fully saturated rings. The Morgan fingerprint density at radius 3 is 2.06 bits per heavy atom. The number of ether oxygens (including phenoxy) is 6. The van der Waals surface area contributed by atoms with E-state index in [1.54, 1.807) is 41.4 Å². The lowest BCUT2D eigenvalue weighted by Crippen LogP contribution is -2.04. The van der Waals surface area contributed by atoms with Gasteiger partial charge in [-0.15, -0.1) is 0 Å². The SMILES string of the molecule is CCOC(=O)C=Cc1ccc(OC)c(CC=C(C)C)c1OCc1cc(OC)c(OC)c(OC)c1. The van der Waals surface area contributed by atoms with Crippen LogP contribution in [0.4, 0.5) is 0 Å². The zero-order chi connectivity index (χ0) is 25.1. The lowest BCUT2D eigenvalue weighted by molar-refractivity contribution is -0.137. The molecule has 0 radical (unpaired) electrons. The predicted octanol–water partition coefficient (Wildman–Crippen LogP) is 5.39. The number of hydrogen-bond donors (Lipinski definition) is 0. The maximum Gasteiger partial charge on any atom is 0.330 e. The van der Waals surface area contributed by atoms with Crippen LogP contribution in [0, 0.1) is 0 Å². The molecule has 0 aromatic heterocycles. The molecule has 0 atom stereocenters. The monoisotopic (exact) mass is 470 g/mol. The first-order valence-electron chi connectivity index (χ1n) is 11.0. The first-order valence-corrected chi connectivity index (χ1v) is 11.0. The largest absolute Gasteiger partial charge is 0.496 e. The molecule has 0 aliphatic carbocycles. The van der Waals surface area contributed by atoms with Crippen molar-refractivity contribution in [2.75, 3.05) is 35.0 Å². The summed E-state index contributed by atoms with van der Waals surface area (Å²) in [5, 5.41) is 0. The van der Waals surface area contributed by atoms with Crippen LogP contribution in [0.3, 0.4) is 0 Å². The van der Waals surface area contributed by atoms with E-state index in [9.17, 15) is 4.79 Å². The summed E-state index contributed by atoms with van der Waals surface area (Å²) in [5.41, 5.74) is 3.61. The average Bonchev–Trinajstić information content (AvgIpc) is 2.84. The van der Waals surface area contributed by atoms with Gasteiger partial charge in [-0.05, 0) is 63.1 Å². The minimum Gasteiger partial charge on any atom is -0.496 e. The van der Waals surface area contributed by atoms with Crippen molar-refractivity contribution in [2.24, 2.45) is 0 Å². The second-order valence-electron chi connectivity index (χ2n) is 7.56. The molecule has 7 nitrogen and oxygen atoms in total. The summed E-state index contributed by atoms with van der Waals surface area (Å²) in [6, 6.07) is 7.40. The lowest BCUT2D eigenvalue weighted by atomic mass is 10.0. The van der Waals surface area contributed by atoms with Crippen LogP contribution < -0.4 is 23.7 Å². The van der Waals surface area contributed by atoms with Gasteiger partial charge in [0.1, 0.15) is 18.1 Å². The summed E-state index contributed by atoms with van der Waals surface area (Å²) >= 11 is 0. The van der Waals surface area contributed by atoms with Crippen LogP contribution >= 0.6 is 0 Å². The predicted molar refractivity (Wildman–Crippen MR) is 132 cm³/mol. The van der Waals surface area contributed by atoms with Crippen LogP contribution in [0.1, 0.15) is 37.5 Å². The maximum atomic E-state index is 11.9. The second kappa shape index (κ2) is 13.2. The lowest BCUT2D eigenvalue weighted by Gasteiger charge is -2.18. The van der Waals surface area contributed by atoms with Gasteiger partial charge in [-0.3, -0.25) is 0 Å². The fourth-order valence-electron chi connectivity index (χ4n) is 3.34. The summed E-state index contributed by atoms with van der Waals surface area (Å²) in [6.07, 6.45) is 5.79. The van der Waals surface area contributed by atoms with Crippen molar-refractivity contribution in [3.05, 3.63) is 58.7 Å². The molecule has 0 heterocycles. The minimum atomic E-state index is -0.417. The van der Waals surface area contributed by atoms with E-state index in [0.29, 0.717) is 41.8 Å². The zero-order valence-corrected chi connectivity index (χ0v) is 21.0. The van der Waals surface area contributed by atoms with Crippen LogP contribution in [0.5, 0.6) is 28.7 Å². The molecule has 0 N–H and O–H groups in total. The highest BCUT2D eigenvalue weighted by Gasteiger charge is 2.17. The number of carbonyl (C=O) groups excluding carboxylic acids is 1. The Morgan fingerprint density at radius 2 is 1.53 bits per heavy atom. The van der Waals surface area contributed by atoms with E-state index < -0.39 is 5.97 Å². The molecule has 2 rings (SSSR count). The van der Waals surface area contributed by atoms with Gasteiger partial charge in [0.2, 0.25) is 5.75 Å². The molecule has 7 heteroatoms. The number of allylic oxidation sites excluding steroid dienone is 2. The van der Waals surface area contributed by atoms with Crippen molar-refractivity contribution in [3.8, 4) is 28.7 Å². The molecule has 0 saturated carbocycles. The highest BCUT2D eigenvalue weighted by Crippen LogP contribution is 2.39. The van der Waals surface area contributed by atoms with Gasteiger partial charge in [0.25, 0.3) is 0 Å². The number of rotatable bonds is 12. The Hall–Kier alpha value is -3.61. The van der Waals surface area contributed by atoms with Gasteiger partial charge in [-0.25, -0.2) is 4.79 Å². The van der Waals surface area contributed by atoms with Crippen LogP contribution in [0.25, 0.3) is 6.08 Å². The number of carbonyl (C=O) groups is 1. The molecule has 2 aromatic rings. The first-order chi connectivity index (χ1) is 16.4. The maximum absolute atomic E-state index is 11.9. The molecule has 0 bridgehead atoms. The molecule has 0 spiro atoms. The number of esters is 1. The fraction of sp³-hybridized carbons (Fsp3) is 0.370. The quantitative estimate of drug-likeness (QED) is 0.234. The van der Waals surface area contributed by atoms with Gasteiger partial charge >= 0.3 is 5.97 Å². The summed E-state index contributed by atoms with van der Waals surface area (Å²) in [5.74, 6) is 2.49.